The smallest absolute Gasteiger partial charge is 0.275 e. The van der Waals surface area contributed by atoms with Gasteiger partial charge in [-0.2, -0.15) is 0 Å². The van der Waals surface area contributed by atoms with Crippen LogP contribution >= 0.6 is 11.3 Å². The molecule has 1 heterocycles. The lowest BCUT2D eigenvalue weighted by molar-refractivity contribution is -0.384. The van der Waals surface area contributed by atoms with Gasteiger partial charge in [-0.15, -0.1) is 11.3 Å². The number of aromatic nitrogens is 1. The molecular weight excluding hydrogens is 412 g/mol. The molecule has 2 amide bonds. The second-order valence-corrected chi connectivity index (χ2v) is 6.67. The quantitative estimate of drug-likeness (QED) is 0.434. The van der Waals surface area contributed by atoms with Gasteiger partial charge in [0.05, 0.1) is 24.8 Å². The van der Waals surface area contributed by atoms with Crippen molar-refractivity contribution in [2.75, 3.05) is 24.9 Å². The van der Waals surface area contributed by atoms with Crippen molar-refractivity contribution in [1.29, 1.82) is 0 Å². The monoisotopic (exact) mass is 428 g/mol. The van der Waals surface area contributed by atoms with E-state index in [1.165, 1.54) is 37.8 Å². The lowest BCUT2D eigenvalue weighted by atomic mass is 10.2. The van der Waals surface area contributed by atoms with E-state index in [1.54, 1.807) is 24.3 Å². The number of nitrogens with zero attached hydrogens (tertiary/aromatic N) is 2. The molecule has 0 unspecified atom stereocenters. The maximum atomic E-state index is 12.5. The van der Waals surface area contributed by atoms with Gasteiger partial charge >= 0.3 is 0 Å². The Balaban J connectivity index is 1.71. The number of ether oxygens (including phenoxy) is 2. The van der Waals surface area contributed by atoms with Gasteiger partial charge in [-0.25, -0.2) is 4.98 Å². The molecule has 0 aliphatic rings. The number of hydrogen-bond donors (Lipinski definition) is 2. The highest BCUT2D eigenvalue weighted by molar-refractivity contribution is 7.14. The van der Waals surface area contributed by atoms with Crippen LogP contribution in [0.15, 0.2) is 47.8 Å². The predicted octanol–water partition coefficient (Wildman–Crippen LogP) is 3.57. The Morgan fingerprint density at radius 2 is 1.77 bits per heavy atom. The fourth-order valence-corrected chi connectivity index (χ4v) is 3.13. The molecule has 0 aliphatic heterocycles. The minimum atomic E-state index is -0.602. The Bertz CT molecular complexity index is 1100. The Hall–Kier alpha value is -3.99. The molecule has 0 bridgehead atoms. The van der Waals surface area contributed by atoms with E-state index < -0.39 is 10.8 Å². The van der Waals surface area contributed by atoms with Crippen molar-refractivity contribution in [3.05, 3.63) is 69.2 Å². The molecule has 0 saturated heterocycles. The summed E-state index contributed by atoms with van der Waals surface area (Å²) in [6, 6.07) is 10.4. The van der Waals surface area contributed by atoms with Crippen LogP contribution < -0.4 is 20.1 Å². The molecule has 2 aromatic carbocycles. The standard InChI is InChI=1S/C19H16N4O6S/c1-28-13-6-3-11(4-7-13)17(24)22-19-21-15(10-30-19)18(25)20-14-9-12(23(26)27)5-8-16(14)29-2/h3-10H,1-2H3,(H,20,25)(H,21,22,24). The van der Waals surface area contributed by atoms with Gasteiger partial charge in [-0.3, -0.25) is 25.0 Å². The number of nitro groups is 1. The summed E-state index contributed by atoms with van der Waals surface area (Å²) in [4.78, 5) is 39.3. The molecule has 10 nitrogen and oxygen atoms in total. The Kier molecular flexibility index (Phi) is 6.23. The number of anilines is 2. The number of nitrogens with one attached hydrogen (secondary N) is 2. The SMILES string of the molecule is COc1ccc(C(=O)Nc2nc(C(=O)Nc3cc([N+](=O)[O-])ccc3OC)cs2)cc1. The molecule has 0 radical (unpaired) electrons. The van der Waals surface area contributed by atoms with Crippen LogP contribution in [0, 0.1) is 10.1 Å². The molecule has 0 spiro atoms. The summed E-state index contributed by atoms with van der Waals surface area (Å²) >= 11 is 1.07. The number of hydrogen-bond acceptors (Lipinski definition) is 8. The Morgan fingerprint density at radius 1 is 1.03 bits per heavy atom. The number of non-ortho nitro benzene ring substituents is 1. The van der Waals surface area contributed by atoms with Gasteiger partial charge in [-0.05, 0) is 30.3 Å². The number of carbonyl (C=O) groups excluding carboxylic acids is 2. The minimum absolute atomic E-state index is 0.0404. The van der Waals surface area contributed by atoms with Crippen LogP contribution in [0.5, 0.6) is 11.5 Å². The van der Waals surface area contributed by atoms with E-state index in [0.717, 1.165) is 11.3 Å². The first-order valence-electron chi connectivity index (χ1n) is 8.46. The van der Waals surface area contributed by atoms with Gasteiger partial charge in [0.25, 0.3) is 17.5 Å². The van der Waals surface area contributed by atoms with Crippen LogP contribution in [0.2, 0.25) is 0 Å². The van der Waals surface area contributed by atoms with Crippen molar-refractivity contribution < 1.29 is 24.0 Å². The normalized spacial score (nSPS) is 10.2. The topological polar surface area (TPSA) is 133 Å². The summed E-state index contributed by atoms with van der Waals surface area (Å²) in [5.41, 5.74) is 0.377. The zero-order chi connectivity index (χ0) is 21.7. The highest BCUT2D eigenvalue weighted by Crippen LogP contribution is 2.29. The first kappa shape index (κ1) is 20.7. The average molecular weight is 428 g/mol. The van der Waals surface area contributed by atoms with E-state index in [0.29, 0.717) is 11.3 Å². The molecule has 0 fully saturated rings. The Morgan fingerprint density at radius 3 is 2.40 bits per heavy atom. The number of methoxy groups -OCH3 is 2. The predicted molar refractivity (Wildman–Crippen MR) is 111 cm³/mol. The number of amides is 2. The number of nitro benzene ring substituents is 1. The molecule has 11 heteroatoms. The summed E-state index contributed by atoms with van der Waals surface area (Å²) in [5.74, 6) is -0.108. The number of thiazole rings is 1. The molecule has 3 rings (SSSR count). The largest absolute Gasteiger partial charge is 0.497 e. The lowest BCUT2D eigenvalue weighted by Gasteiger charge is -2.08. The zero-order valence-corrected chi connectivity index (χ0v) is 16.7. The van der Waals surface area contributed by atoms with Crippen molar-refractivity contribution in [3.8, 4) is 11.5 Å². The van der Waals surface area contributed by atoms with E-state index in [9.17, 15) is 19.7 Å². The summed E-state index contributed by atoms with van der Waals surface area (Å²) < 4.78 is 10.2. The molecule has 30 heavy (non-hydrogen) atoms. The van der Waals surface area contributed by atoms with Gasteiger partial charge < -0.3 is 14.8 Å². The molecule has 3 aromatic rings. The van der Waals surface area contributed by atoms with E-state index in [4.69, 9.17) is 9.47 Å². The van der Waals surface area contributed by atoms with Crippen LogP contribution in [-0.2, 0) is 0 Å². The third-order valence-electron chi connectivity index (χ3n) is 3.95. The van der Waals surface area contributed by atoms with Gasteiger partial charge in [0.2, 0.25) is 0 Å². The summed E-state index contributed by atoms with van der Waals surface area (Å²) in [7, 11) is 2.91. The van der Waals surface area contributed by atoms with E-state index >= 15 is 0 Å². The van der Waals surface area contributed by atoms with Crippen LogP contribution in [0.3, 0.4) is 0 Å². The molecule has 154 valence electrons. The van der Waals surface area contributed by atoms with Crippen LogP contribution in [0.25, 0.3) is 0 Å². The van der Waals surface area contributed by atoms with E-state index in [1.807, 2.05) is 0 Å². The van der Waals surface area contributed by atoms with Gasteiger partial charge in [0.15, 0.2) is 5.13 Å². The first-order valence-corrected chi connectivity index (χ1v) is 9.34. The fourth-order valence-electron chi connectivity index (χ4n) is 2.44. The maximum Gasteiger partial charge on any atom is 0.275 e. The molecule has 0 atom stereocenters. The van der Waals surface area contributed by atoms with Crippen molar-refractivity contribution in [1.82, 2.24) is 4.98 Å². The third-order valence-corrected chi connectivity index (χ3v) is 4.71. The van der Waals surface area contributed by atoms with E-state index in [-0.39, 0.29) is 33.9 Å². The second-order valence-electron chi connectivity index (χ2n) is 5.82. The van der Waals surface area contributed by atoms with Crippen LogP contribution in [-0.4, -0.2) is 35.9 Å². The van der Waals surface area contributed by atoms with Crippen LogP contribution in [0.4, 0.5) is 16.5 Å². The number of benzene rings is 2. The lowest BCUT2D eigenvalue weighted by Crippen LogP contribution is -2.15. The van der Waals surface area contributed by atoms with Crippen molar-refractivity contribution >= 4 is 39.7 Å². The summed E-state index contributed by atoms with van der Waals surface area (Å²) in [6.45, 7) is 0. The van der Waals surface area contributed by atoms with Gasteiger partial charge in [0.1, 0.15) is 17.2 Å². The van der Waals surface area contributed by atoms with E-state index in [2.05, 4.69) is 15.6 Å². The average Bonchev–Trinajstić information content (AvgIpc) is 3.22. The maximum absolute atomic E-state index is 12.5. The molecule has 2 N–H and O–H groups in total. The zero-order valence-electron chi connectivity index (χ0n) is 15.9. The first-order chi connectivity index (χ1) is 14.4. The van der Waals surface area contributed by atoms with Crippen molar-refractivity contribution in [3.63, 3.8) is 0 Å². The number of rotatable bonds is 7. The highest BCUT2D eigenvalue weighted by Gasteiger charge is 2.17. The molecule has 1 aromatic heterocycles. The van der Waals surface area contributed by atoms with Crippen molar-refractivity contribution in [2.24, 2.45) is 0 Å². The minimum Gasteiger partial charge on any atom is -0.497 e. The Labute approximate surface area is 174 Å². The fraction of sp³-hybridized carbons (Fsp3) is 0.105. The molecule has 0 saturated carbocycles. The van der Waals surface area contributed by atoms with Crippen molar-refractivity contribution in [2.45, 2.75) is 0 Å². The molecular formula is C19H16N4O6S. The third kappa shape index (κ3) is 4.70. The van der Waals surface area contributed by atoms with Gasteiger partial charge in [0, 0.05) is 23.1 Å². The summed E-state index contributed by atoms with van der Waals surface area (Å²) in [5, 5.41) is 17.8. The number of carbonyl (C=O) groups is 2. The molecule has 0 aliphatic carbocycles. The second kappa shape index (κ2) is 9.01. The van der Waals surface area contributed by atoms with Crippen LogP contribution in [0.1, 0.15) is 20.8 Å². The van der Waals surface area contributed by atoms with Gasteiger partial charge in [-0.1, -0.05) is 0 Å². The highest BCUT2D eigenvalue weighted by atomic mass is 32.1. The summed E-state index contributed by atoms with van der Waals surface area (Å²) in [6.07, 6.45) is 0.